The van der Waals surface area contributed by atoms with E-state index >= 15 is 0 Å². The quantitative estimate of drug-likeness (QED) is 0.760. The molecule has 2 aromatic rings. The molecule has 29 heavy (non-hydrogen) atoms. The molecule has 1 amide bonds. The Kier molecular flexibility index (Phi) is 6.52. The molecule has 0 radical (unpaired) electrons. The first-order chi connectivity index (χ1) is 13.9. The molecule has 6 nitrogen and oxygen atoms in total. The van der Waals surface area contributed by atoms with Crippen LogP contribution in [0, 0.1) is 18.2 Å². The Bertz CT molecular complexity index is 999. The molecular weight excluding hydrogens is 393 g/mol. The number of carbonyl (C=O) groups excluding carboxylic acids is 1. The zero-order valence-electron chi connectivity index (χ0n) is 15.8. The van der Waals surface area contributed by atoms with Crippen LogP contribution >= 0.6 is 0 Å². The van der Waals surface area contributed by atoms with Crippen molar-refractivity contribution in [3.05, 3.63) is 59.9 Å². The van der Waals surface area contributed by atoms with Crippen molar-refractivity contribution in [2.45, 2.75) is 11.3 Å². The van der Waals surface area contributed by atoms with E-state index < -0.39 is 10.0 Å². The molecule has 0 aliphatic carbocycles. The summed E-state index contributed by atoms with van der Waals surface area (Å²) in [7, 11) is -3.69. The molecule has 0 aromatic heterocycles. The lowest BCUT2D eigenvalue weighted by Gasteiger charge is -2.23. The molecule has 0 unspecified atom stereocenters. The van der Waals surface area contributed by atoms with Gasteiger partial charge in [0.25, 0.3) is 5.91 Å². The molecule has 0 bridgehead atoms. The number of sulfonamides is 1. The number of terminal acetylenes is 1. The molecule has 1 aliphatic heterocycles. The van der Waals surface area contributed by atoms with Gasteiger partial charge in [-0.1, -0.05) is 5.92 Å². The monoisotopic (exact) mass is 415 g/mol. The van der Waals surface area contributed by atoms with Crippen LogP contribution in [0.15, 0.2) is 53.4 Å². The van der Waals surface area contributed by atoms with Gasteiger partial charge in [0, 0.05) is 37.4 Å². The zero-order chi connectivity index (χ0) is 20.9. The van der Waals surface area contributed by atoms with E-state index in [1.54, 1.807) is 17.0 Å². The maximum absolute atomic E-state index is 13.1. The van der Waals surface area contributed by atoms with Crippen LogP contribution in [0.2, 0.25) is 0 Å². The SMILES string of the molecule is C#CCNS(=O)(=O)c1ccc(C(=O)N2CCCN(c3ccc(F)cc3)CC2)cc1. The summed E-state index contributed by atoms with van der Waals surface area (Å²) in [5.74, 6) is 1.79. The molecule has 152 valence electrons. The fourth-order valence-electron chi connectivity index (χ4n) is 3.21. The lowest BCUT2D eigenvalue weighted by Crippen LogP contribution is -2.35. The van der Waals surface area contributed by atoms with Crippen LogP contribution in [-0.2, 0) is 10.0 Å². The number of nitrogens with zero attached hydrogens (tertiary/aromatic N) is 2. The number of nitrogens with one attached hydrogen (secondary N) is 1. The van der Waals surface area contributed by atoms with E-state index in [1.807, 2.05) is 0 Å². The second-order valence-electron chi connectivity index (χ2n) is 6.66. The third-order valence-corrected chi connectivity index (χ3v) is 6.17. The maximum Gasteiger partial charge on any atom is 0.253 e. The lowest BCUT2D eigenvalue weighted by atomic mass is 10.2. The summed E-state index contributed by atoms with van der Waals surface area (Å²) >= 11 is 0. The van der Waals surface area contributed by atoms with Gasteiger partial charge in [0.15, 0.2) is 0 Å². The molecule has 1 heterocycles. The Balaban J connectivity index is 1.66. The van der Waals surface area contributed by atoms with Crippen LogP contribution in [0.1, 0.15) is 16.8 Å². The highest BCUT2D eigenvalue weighted by molar-refractivity contribution is 7.89. The molecule has 1 aliphatic rings. The Morgan fingerprint density at radius 2 is 1.72 bits per heavy atom. The molecule has 1 saturated heterocycles. The highest BCUT2D eigenvalue weighted by Crippen LogP contribution is 2.18. The average molecular weight is 415 g/mol. The van der Waals surface area contributed by atoms with Gasteiger partial charge in [-0.05, 0) is 55.0 Å². The molecule has 8 heteroatoms. The number of rotatable bonds is 5. The van der Waals surface area contributed by atoms with Gasteiger partial charge >= 0.3 is 0 Å². The second-order valence-corrected chi connectivity index (χ2v) is 8.43. The summed E-state index contributed by atoms with van der Waals surface area (Å²) in [6.07, 6.45) is 5.86. The highest BCUT2D eigenvalue weighted by atomic mass is 32.2. The normalized spacial score (nSPS) is 14.9. The molecule has 1 fully saturated rings. The first-order valence-electron chi connectivity index (χ1n) is 9.24. The molecular formula is C21H22FN3O3S. The van der Waals surface area contributed by atoms with E-state index in [4.69, 9.17) is 6.42 Å². The fourth-order valence-corrected chi connectivity index (χ4v) is 4.14. The minimum atomic E-state index is -3.69. The maximum atomic E-state index is 13.1. The van der Waals surface area contributed by atoms with Crippen molar-refractivity contribution in [2.24, 2.45) is 0 Å². The first kappa shape index (κ1) is 20.8. The third kappa shape index (κ3) is 5.13. The minimum Gasteiger partial charge on any atom is -0.370 e. The molecule has 1 N–H and O–H groups in total. The number of anilines is 1. The summed E-state index contributed by atoms with van der Waals surface area (Å²) in [5.41, 5.74) is 1.35. The number of halogens is 1. The predicted molar refractivity (Wildman–Crippen MR) is 110 cm³/mol. The largest absolute Gasteiger partial charge is 0.370 e. The second kappa shape index (κ2) is 9.07. The zero-order valence-corrected chi connectivity index (χ0v) is 16.7. The van der Waals surface area contributed by atoms with Crippen LogP contribution in [0.5, 0.6) is 0 Å². The molecule has 0 spiro atoms. The molecule has 2 aromatic carbocycles. The Hall–Kier alpha value is -2.89. The standard InChI is InChI=1S/C21H22FN3O3S/c1-2-12-23-29(27,28)20-10-4-17(5-11-20)21(26)25-14-3-13-24(15-16-25)19-8-6-18(22)7-9-19/h1,4-11,23H,3,12-16H2. The van der Waals surface area contributed by atoms with Crippen molar-refractivity contribution in [1.29, 1.82) is 0 Å². The topological polar surface area (TPSA) is 69.7 Å². The summed E-state index contributed by atoms with van der Waals surface area (Å²) < 4.78 is 39.6. The number of carbonyl (C=O) groups is 1. The van der Waals surface area contributed by atoms with Gasteiger partial charge in [0.05, 0.1) is 11.4 Å². The van der Waals surface area contributed by atoms with Gasteiger partial charge in [-0.25, -0.2) is 12.8 Å². The number of hydrogen-bond donors (Lipinski definition) is 1. The van der Waals surface area contributed by atoms with E-state index in [2.05, 4.69) is 15.5 Å². The highest BCUT2D eigenvalue weighted by Gasteiger charge is 2.21. The fraction of sp³-hybridized carbons (Fsp3) is 0.286. The van der Waals surface area contributed by atoms with E-state index in [1.165, 1.54) is 36.4 Å². The van der Waals surface area contributed by atoms with Crippen LogP contribution in [0.25, 0.3) is 0 Å². The Labute approximate surface area is 170 Å². The smallest absolute Gasteiger partial charge is 0.253 e. The van der Waals surface area contributed by atoms with Crippen molar-refractivity contribution < 1.29 is 17.6 Å². The summed E-state index contributed by atoms with van der Waals surface area (Å²) in [6.45, 7) is 2.44. The molecule has 3 rings (SSSR count). The number of amides is 1. The van der Waals surface area contributed by atoms with Gasteiger partial charge in [-0.3, -0.25) is 4.79 Å². The van der Waals surface area contributed by atoms with Crippen LogP contribution in [0.4, 0.5) is 10.1 Å². The van der Waals surface area contributed by atoms with Gasteiger partial charge < -0.3 is 9.80 Å². The summed E-state index contributed by atoms with van der Waals surface area (Å²) in [6, 6.07) is 12.1. The Morgan fingerprint density at radius 1 is 1.03 bits per heavy atom. The van der Waals surface area contributed by atoms with Crippen molar-refractivity contribution in [3.63, 3.8) is 0 Å². The minimum absolute atomic E-state index is 0.0580. The first-order valence-corrected chi connectivity index (χ1v) is 10.7. The summed E-state index contributed by atoms with van der Waals surface area (Å²) in [4.78, 5) is 16.8. The third-order valence-electron chi connectivity index (χ3n) is 4.75. The van der Waals surface area contributed by atoms with Crippen LogP contribution in [-0.4, -0.2) is 51.9 Å². The van der Waals surface area contributed by atoms with E-state index in [0.717, 1.165) is 18.7 Å². The predicted octanol–water partition coefficient (Wildman–Crippen LogP) is 2.09. The van der Waals surface area contributed by atoms with Gasteiger partial charge in [-0.2, -0.15) is 4.72 Å². The van der Waals surface area contributed by atoms with Gasteiger partial charge in [0.2, 0.25) is 10.0 Å². The van der Waals surface area contributed by atoms with Gasteiger partial charge in [-0.15, -0.1) is 6.42 Å². The van der Waals surface area contributed by atoms with Crippen LogP contribution < -0.4 is 9.62 Å². The van der Waals surface area contributed by atoms with Crippen LogP contribution in [0.3, 0.4) is 0 Å². The van der Waals surface area contributed by atoms with Gasteiger partial charge in [0.1, 0.15) is 5.82 Å². The van der Waals surface area contributed by atoms with Crippen molar-refractivity contribution in [2.75, 3.05) is 37.6 Å². The van der Waals surface area contributed by atoms with E-state index in [9.17, 15) is 17.6 Å². The number of hydrogen-bond acceptors (Lipinski definition) is 4. The molecule has 0 atom stereocenters. The molecule has 0 saturated carbocycles. The van der Waals surface area contributed by atoms with Crippen molar-refractivity contribution >= 4 is 21.6 Å². The van der Waals surface area contributed by atoms with E-state index in [-0.39, 0.29) is 23.2 Å². The summed E-state index contributed by atoms with van der Waals surface area (Å²) in [5, 5.41) is 0. The van der Waals surface area contributed by atoms with Crippen molar-refractivity contribution in [3.8, 4) is 12.3 Å². The average Bonchev–Trinajstić information content (AvgIpc) is 2.99. The van der Waals surface area contributed by atoms with E-state index in [0.29, 0.717) is 25.2 Å². The lowest BCUT2D eigenvalue weighted by molar-refractivity contribution is 0.0767. The number of benzene rings is 2. The van der Waals surface area contributed by atoms with Crippen molar-refractivity contribution in [1.82, 2.24) is 9.62 Å². The Morgan fingerprint density at radius 3 is 2.38 bits per heavy atom.